The van der Waals surface area contributed by atoms with Crippen molar-refractivity contribution in [2.45, 2.75) is 77.3 Å². The molecule has 1 N–H and O–H groups in total. The molecule has 1 aliphatic rings. The summed E-state index contributed by atoms with van der Waals surface area (Å²) in [4.78, 5) is 0. The van der Waals surface area contributed by atoms with E-state index in [9.17, 15) is 0 Å². The van der Waals surface area contributed by atoms with Crippen LogP contribution in [0.2, 0.25) is 18.1 Å². The number of aliphatic hydroxyl groups excluding tert-OH is 1. The van der Waals surface area contributed by atoms with Crippen molar-refractivity contribution >= 4 is 8.32 Å². The summed E-state index contributed by atoms with van der Waals surface area (Å²) in [5.41, 5.74) is 0. The number of hydrogen-bond acceptors (Lipinski definition) is 3. The van der Waals surface area contributed by atoms with E-state index in [-0.39, 0.29) is 23.9 Å². The third-order valence-corrected chi connectivity index (χ3v) is 9.30. The molecule has 0 aromatic carbocycles. The van der Waals surface area contributed by atoms with Crippen LogP contribution >= 0.6 is 0 Å². The fourth-order valence-electron chi connectivity index (χ4n) is 2.22. The van der Waals surface area contributed by atoms with E-state index in [4.69, 9.17) is 14.3 Å². The fourth-order valence-corrected chi connectivity index (χ4v) is 3.28. The molecular formula is C17H34O3Si. The van der Waals surface area contributed by atoms with Gasteiger partial charge in [0.15, 0.2) is 8.32 Å². The molecule has 0 amide bonds. The van der Waals surface area contributed by atoms with Gasteiger partial charge in [0.05, 0.1) is 12.2 Å². The minimum absolute atomic E-state index is 0.166. The molecule has 3 nitrogen and oxygen atoms in total. The Morgan fingerprint density at radius 1 is 1.38 bits per heavy atom. The van der Waals surface area contributed by atoms with Crippen molar-refractivity contribution < 1.29 is 14.3 Å². The Morgan fingerprint density at radius 2 is 2.05 bits per heavy atom. The van der Waals surface area contributed by atoms with E-state index < -0.39 is 8.32 Å². The molecule has 4 heteroatoms. The number of ether oxygens (including phenoxy) is 1. The lowest BCUT2D eigenvalue weighted by atomic mass is 10.00. The number of rotatable bonds is 7. The summed E-state index contributed by atoms with van der Waals surface area (Å²) in [5, 5.41) is 9.41. The summed E-state index contributed by atoms with van der Waals surface area (Å²) in [6.45, 7) is 14.5. The van der Waals surface area contributed by atoms with Crippen molar-refractivity contribution in [1.82, 2.24) is 0 Å². The maximum atomic E-state index is 9.15. The zero-order valence-corrected chi connectivity index (χ0v) is 15.7. The maximum Gasteiger partial charge on any atom is 0.191 e. The molecule has 0 aliphatic carbocycles. The fraction of sp³-hybridized carbons (Fsp3) is 0.882. The van der Waals surface area contributed by atoms with Crippen LogP contribution < -0.4 is 0 Å². The third kappa shape index (κ3) is 6.23. The van der Waals surface area contributed by atoms with E-state index in [0.717, 1.165) is 25.9 Å². The molecule has 21 heavy (non-hydrogen) atoms. The van der Waals surface area contributed by atoms with Gasteiger partial charge in [-0.1, -0.05) is 39.8 Å². The van der Waals surface area contributed by atoms with Gasteiger partial charge < -0.3 is 14.3 Å². The highest BCUT2D eigenvalue weighted by molar-refractivity contribution is 6.74. The zero-order valence-electron chi connectivity index (χ0n) is 14.7. The van der Waals surface area contributed by atoms with Gasteiger partial charge in [-0.15, -0.1) is 0 Å². The van der Waals surface area contributed by atoms with E-state index >= 15 is 0 Å². The second kappa shape index (κ2) is 7.91. The SMILES string of the molecule is C[C@H](CO)C[C@@H]1CC=C[C@@H](CCO[Si](C)(C)C(C)(C)C)O1. The van der Waals surface area contributed by atoms with Crippen LogP contribution in [-0.2, 0) is 9.16 Å². The predicted molar refractivity (Wildman–Crippen MR) is 91.1 cm³/mol. The van der Waals surface area contributed by atoms with Crippen LogP contribution in [0.3, 0.4) is 0 Å². The van der Waals surface area contributed by atoms with Crippen LogP contribution in [0.25, 0.3) is 0 Å². The average molecular weight is 315 g/mol. The van der Waals surface area contributed by atoms with E-state index in [0.29, 0.717) is 5.92 Å². The van der Waals surface area contributed by atoms with Crippen LogP contribution in [0.5, 0.6) is 0 Å². The zero-order chi connectivity index (χ0) is 16.1. The second-order valence-electron chi connectivity index (χ2n) is 7.88. The molecule has 0 fully saturated rings. The molecule has 0 aromatic rings. The minimum atomic E-state index is -1.65. The van der Waals surface area contributed by atoms with E-state index in [2.05, 4.69) is 52.9 Å². The summed E-state index contributed by atoms with van der Waals surface area (Å²) in [7, 11) is -1.65. The van der Waals surface area contributed by atoms with Gasteiger partial charge >= 0.3 is 0 Å². The van der Waals surface area contributed by atoms with Gasteiger partial charge in [0, 0.05) is 13.2 Å². The van der Waals surface area contributed by atoms with Crippen LogP contribution in [0.15, 0.2) is 12.2 Å². The van der Waals surface area contributed by atoms with Crippen LogP contribution in [0.4, 0.5) is 0 Å². The predicted octanol–water partition coefficient (Wildman–Crippen LogP) is 4.13. The van der Waals surface area contributed by atoms with Crippen LogP contribution in [-0.4, -0.2) is 38.8 Å². The molecule has 0 saturated heterocycles. The lowest BCUT2D eigenvalue weighted by molar-refractivity contribution is -0.0184. The third-order valence-electron chi connectivity index (χ3n) is 4.77. The Morgan fingerprint density at radius 3 is 2.62 bits per heavy atom. The second-order valence-corrected chi connectivity index (χ2v) is 12.7. The smallest absolute Gasteiger partial charge is 0.191 e. The van der Waals surface area contributed by atoms with E-state index in [1.54, 1.807) is 0 Å². The normalized spacial score (nSPS) is 25.1. The monoisotopic (exact) mass is 314 g/mol. The molecule has 124 valence electrons. The molecule has 0 radical (unpaired) electrons. The van der Waals surface area contributed by atoms with Gasteiger partial charge in [-0.2, -0.15) is 0 Å². The van der Waals surface area contributed by atoms with Gasteiger partial charge in [-0.25, -0.2) is 0 Å². The molecular weight excluding hydrogens is 280 g/mol. The summed E-state index contributed by atoms with van der Waals surface area (Å²) < 4.78 is 12.3. The molecule has 0 saturated carbocycles. The highest BCUT2D eigenvalue weighted by Gasteiger charge is 2.37. The summed E-state index contributed by atoms with van der Waals surface area (Å²) in [6.07, 6.45) is 7.61. The van der Waals surface area contributed by atoms with Gasteiger partial charge in [0.1, 0.15) is 0 Å². The van der Waals surface area contributed by atoms with E-state index in [1.165, 1.54) is 0 Å². The molecule has 3 atom stereocenters. The van der Waals surface area contributed by atoms with Gasteiger partial charge in [-0.3, -0.25) is 0 Å². The van der Waals surface area contributed by atoms with Crippen LogP contribution in [0, 0.1) is 5.92 Å². The van der Waals surface area contributed by atoms with Crippen molar-refractivity contribution in [3.05, 3.63) is 12.2 Å². The quantitative estimate of drug-likeness (QED) is 0.567. The van der Waals surface area contributed by atoms with Gasteiger partial charge in [-0.05, 0) is 43.3 Å². The van der Waals surface area contributed by atoms with Crippen LogP contribution in [0.1, 0.15) is 47.0 Å². The van der Waals surface area contributed by atoms with Crippen molar-refractivity contribution in [2.75, 3.05) is 13.2 Å². The maximum absolute atomic E-state index is 9.15. The Kier molecular flexibility index (Phi) is 7.11. The highest BCUT2D eigenvalue weighted by atomic mass is 28.4. The lowest BCUT2D eigenvalue weighted by Crippen LogP contribution is -2.41. The average Bonchev–Trinajstić information content (AvgIpc) is 2.37. The minimum Gasteiger partial charge on any atom is -0.417 e. The van der Waals surface area contributed by atoms with Crippen molar-refractivity contribution in [3.8, 4) is 0 Å². The van der Waals surface area contributed by atoms with Crippen molar-refractivity contribution in [1.29, 1.82) is 0 Å². The summed E-state index contributed by atoms with van der Waals surface area (Å²) in [5.74, 6) is 0.311. The Hall–Kier alpha value is -0.163. The Balaban J connectivity index is 2.36. The molecule has 0 bridgehead atoms. The molecule has 0 spiro atoms. The first kappa shape index (κ1) is 18.9. The van der Waals surface area contributed by atoms with E-state index in [1.807, 2.05) is 0 Å². The van der Waals surface area contributed by atoms with Crippen molar-refractivity contribution in [3.63, 3.8) is 0 Å². The summed E-state index contributed by atoms with van der Waals surface area (Å²) in [6, 6.07) is 0. The molecule has 0 unspecified atom stereocenters. The first-order valence-electron chi connectivity index (χ1n) is 8.22. The molecule has 1 rings (SSSR count). The molecule has 1 aliphatic heterocycles. The lowest BCUT2D eigenvalue weighted by Gasteiger charge is -2.36. The Labute approximate surface area is 131 Å². The Bertz CT molecular complexity index is 333. The van der Waals surface area contributed by atoms with Crippen molar-refractivity contribution in [2.24, 2.45) is 5.92 Å². The number of aliphatic hydroxyl groups is 1. The number of hydrogen-bond donors (Lipinski definition) is 1. The summed E-state index contributed by atoms with van der Waals surface area (Å²) >= 11 is 0. The first-order valence-corrected chi connectivity index (χ1v) is 11.1. The standard InChI is InChI=1S/C17H34O3Si/c1-14(13-18)12-16-9-7-8-15(20-16)10-11-19-21(5,6)17(2,3)4/h7-8,14-16,18H,9-13H2,1-6H3/t14-,15-,16-/m0/s1. The first-order chi connectivity index (χ1) is 9.65. The highest BCUT2D eigenvalue weighted by Crippen LogP contribution is 2.36. The molecule has 1 heterocycles. The largest absolute Gasteiger partial charge is 0.417 e. The molecule has 0 aromatic heterocycles. The van der Waals surface area contributed by atoms with Gasteiger partial charge in [0.25, 0.3) is 0 Å². The van der Waals surface area contributed by atoms with Gasteiger partial charge in [0.2, 0.25) is 0 Å². The topological polar surface area (TPSA) is 38.7 Å².